The van der Waals surface area contributed by atoms with E-state index in [0.717, 1.165) is 10.4 Å². The second-order valence-electron chi connectivity index (χ2n) is 3.92. The predicted molar refractivity (Wildman–Crippen MR) is 82.7 cm³/mol. The molecule has 0 aliphatic rings. The molecule has 2 aromatic rings. The second kappa shape index (κ2) is 7.09. The molecule has 1 heterocycles. The topological polar surface area (TPSA) is 78.4 Å². The molecule has 0 unspecified atom stereocenters. The van der Waals surface area contributed by atoms with Crippen molar-refractivity contribution in [3.63, 3.8) is 0 Å². The minimum absolute atomic E-state index is 0.0713. The van der Waals surface area contributed by atoms with Crippen LogP contribution in [0.2, 0.25) is 5.02 Å². The van der Waals surface area contributed by atoms with Crippen LogP contribution in [0.1, 0.15) is 10.4 Å². The monoisotopic (exact) mass is 322 g/mol. The van der Waals surface area contributed by atoms with Crippen LogP contribution in [0.4, 0.5) is 5.69 Å². The van der Waals surface area contributed by atoms with Gasteiger partial charge in [-0.1, -0.05) is 23.4 Å². The molecule has 0 atom stereocenters. The van der Waals surface area contributed by atoms with Gasteiger partial charge in [0.1, 0.15) is 12.4 Å². The highest BCUT2D eigenvalue weighted by Crippen LogP contribution is 2.30. The zero-order valence-corrected chi connectivity index (χ0v) is 12.4. The number of nitrogens with two attached hydrogens (primary N) is 1. The van der Waals surface area contributed by atoms with Crippen molar-refractivity contribution in [2.24, 2.45) is 5.73 Å². The van der Waals surface area contributed by atoms with Gasteiger partial charge in [0.15, 0.2) is 0 Å². The molecule has 21 heavy (non-hydrogen) atoms. The molecular weight excluding hydrogens is 312 g/mol. The fourth-order valence-corrected chi connectivity index (χ4v) is 2.54. The highest BCUT2D eigenvalue weighted by molar-refractivity contribution is 7.10. The van der Waals surface area contributed by atoms with Crippen LogP contribution in [0, 0.1) is 22.0 Å². The Labute approximate surface area is 130 Å². The number of rotatable bonds is 4. The van der Waals surface area contributed by atoms with Gasteiger partial charge >= 0.3 is 0 Å². The zero-order valence-electron chi connectivity index (χ0n) is 10.8. The summed E-state index contributed by atoms with van der Waals surface area (Å²) in [5.41, 5.74) is 6.14. The molecule has 0 saturated heterocycles. The summed E-state index contributed by atoms with van der Waals surface area (Å²) in [6.07, 6.45) is 0. The fraction of sp³-hybridized carbons (Fsp3) is 0.143. The maximum absolute atomic E-state index is 10.6. The molecule has 0 aliphatic carbocycles. The molecule has 0 amide bonds. The van der Waals surface area contributed by atoms with Gasteiger partial charge in [0.05, 0.1) is 21.4 Å². The van der Waals surface area contributed by atoms with Crippen molar-refractivity contribution < 1.29 is 9.66 Å². The average Bonchev–Trinajstić information content (AvgIpc) is 2.91. The van der Waals surface area contributed by atoms with E-state index < -0.39 is 4.92 Å². The van der Waals surface area contributed by atoms with Crippen LogP contribution in [0.5, 0.6) is 5.75 Å². The van der Waals surface area contributed by atoms with Crippen LogP contribution in [0.25, 0.3) is 0 Å². The number of nitrogens with zero attached hydrogens (tertiary/aromatic N) is 1. The lowest BCUT2D eigenvalue weighted by molar-refractivity contribution is -0.384. The number of nitro groups is 1. The molecule has 0 saturated carbocycles. The van der Waals surface area contributed by atoms with Crippen LogP contribution in [0.3, 0.4) is 0 Å². The molecule has 2 rings (SSSR count). The molecule has 108 valence electrons. The molecule has 0 spiro atoms. The van der Waals surface area contributed by atoms with E-state index in [4.69, 9.17) is 22.1 Å². The molecule has 1 aromatic carbocycles. The van der Waals surface area contributed by atoms with Crippen molar-refractivity contribution in [3.8, 4) is 17.6 Å². The van der Waals surface area contributed by atoms with Crippen molar-refractivity contribution in [1.82, 2.24) is 0 Å². The van der Waals surface area contributed by atoms with Crippen LogP contribution >= 0.6 is 22.9 Å². The fourth-order valence-electron chi connectivity index (χ4n) is 1.57. The van der Waals surface area contributed by atoms with Gasteiger partial charge in [0, 0.05) is 17.7 Å². The Morgan fingerprint density at radius 3 is 2.90 bits per heavy atom. The number of benzene rings is 1. The van der Waals surface area contributed by atoms with E-state index >= 15 is 0 Å². The van der Waals surface area contributed by atoms with Gasteiger partial charge in [-0.25, -0.2) is 0 Å². The Morgan fingerprint density at radius 2 is 2.24 bits per heavy atom. The minimum Gasteiger partial charge on any atom is -0.486 e. The number of nitro benzene ring substituents is 1. The van der Waals surface area contributed by atoms with E-state index in [-0.39, 0.29) is 10.7 Å². The molecule has 2 N–H and O–H groups in total. The number of thiophene rings is 1. The number of non-ortho nitro benzene ring substituents is 1. The van der Waals surface area contributed by atoms with E-state index in [1.54, 1.807) is 0 Å². The molecule has 1 aromatic heterocycles. The zero-order chi connectivity index (χ0) is 15.2. The first-order valence-corrected chi connectivity index (χ1v) is 7.19. The highest BCUT2D eigenvalue weighted by atomic mass is 35.5. The quantitative estimate of drug-likeness (QED) is 0.532. The lowest BCUT2D eigenvalue weighted by atomic mass is 10.2. The van der Waals surface area contributed by atoms with E-state index in [1.165, 1.54) is 29.5 Å². The molecule has 7 heteroatoms. The molecule has 0 aliphatic heterocycles. The molecule has 0 fully saturated rings. The molecular formula is C14H11ClN2O3S. The Bertz CT molecular complexity index is 718. The Balaban J connectivity index is 2.10. The summed E-state index contributed by atoms with van der Waals surface area (Å²) < 4.78 is 5.59. The van der Waals surface area contributed by atoms with Crippen LogP contribution in [-0.2, 0) is 6.61 Å². The molecule has 0 bridgehead atoms. The maximum Gasteiger partial charge on any atom is 0.271 e. The first-order chi connectivity index (χ1) is 10.1. The van der Waals surface area contributed by atoms with Gasteiger partial charge in [-0.3, -0.25) is 10.1 Å². The first kappa shape index (κ1) is 15.3. The Morgan fingerprint density at radius 1 is 1.43 bits per heavy atom. The normalized spacial score (nSPS) is 9.81. The van der Waals surface area contributed by atoms with Gasteiger partial charge in [-0.15, -0.1) is 11.3 Å². The van der Waals surface area contributed by atoms with E-state index in [0.29, 0.717) is 18.9 Å². The lowest BCUT2D eigenvalue weighted by Crippen LogP contribution is -1.97. The summed E-state index contributed by atoms with van der Waals surface area (Å²) in [7, 11) is 0. The molecule has 0 radical (unpaired) electrons. The Kier molecular flexibility index (Phi) is 5.17. The summed E-state index contributed by atoms with van der Waals surface area (Å²) in [6, 6.07) is 5.99. The third-order valence-corrected chi connectivity index (χ3v) is 3.75. The summed E-state index contributed by atoms with van der Waals surface area (Å²) in [5.74, 6) is 6.15. The second-order valence-corrected chi connectivity index (χ2v) is 5.33. The summed E-state index contributed by atoms with van der Waals surface area (Å²) in [5, 5.41) is 12.8. The number of halogens is 1. The van der Waals surface area contributed by atoms with Crippen LogP contribution < -0.4 is 10.5 Å². The smallest absolute Gasteiger partial charge is 0.271 e. The van der Waals surface area contributed by atoms with Crippen LogP contribution in [0.15, 0.2) is 29.6 Å². The van der Waals surface area contributed by atoms with Crippen molar-refractivity contribution >= 4 is 28.6 Å². The number of ether oxygens (including phenoxy) is 1. The Hall–Kier alpha value is -2.07. The largest absolute Gasteiger partial charge is 0.486 e. The van der Waals surface area contributed by atoms with Gasteiger partial charge in [0.2, 0.25) is 0 Å². The van der Waals surface area contributed by atoms with E-state index in [2.05, 4.69) is 11.8 Å². The summed E-state index contributed by atoms with van der Waals surface area (Å²) in [6.45, 7) is 0.591. The third kappa shape index (κ3) is 3.95. The van der Waals surface area contributed by atoms with Gasteiger partial charge < -0.3 is 10.5 Å². The van der Waals surface area contributed by atoms with Crippen LogP contribution in [-0.4, -0.2) is 11.5 Å². The lowest BCUT2D eigenvalue weighted by Gasteiger charge is -2.07. The number of hydrogen-bond acceptors (Lipinski definition) is 5. The summed E-state index contributed by atoms with van der Waals surface area (Å²) in [4.78, 5) is 11.1. The number of hydrogen-bond donors (Lipinski definition) is 1. The maximum atomic E-state index is 10.6. The minimum atomic E-state index is -0.505. The third-order valence-electron chi connectivity index (χ3n) is 2.56. The van der Waals surface area contributed by atoms with E-state index in [1.807, 2.05) is 11.4 Å². The van der Waals surface area contributed by atoms with Crippen molar-refractivity contribution in [2.75, 3.05) is 6.54 Å². The summed E-state index contributed by atoms with van der Waals surface area (Å²) >= 11 is 7.48. The molecule has 5 nitrogen and oxygen atoms in total. The highest BCUT2D eigenvalue weighted by Gasteiger charge is 2.11. The van der Waals surface area contributed by atoms with E-state index in [9.17, 15) is 10.1 Å². The SMILES string of the molecule is NCC#Cc1ccsc1COc1ccc([N+](=O)[O-])cc1Cl. The first-order valence-electron chi connectivity index (χ1n) is 5.94. The van der Waals surface area contributed by atoms with Gasteiger partial charge in [0.25, 0.3) is 5.69 Å². The van der Waals surface area contributed by atoms with Crippen molar-refractivity contribution in [2.45, 2.75) is 6.61 Å². The predicted octanol–water partition coefficient (Wildman–Crippen LogP) is 3.20. The average molecular weight is 323 g/mol. The van der Waals surface area contributed by atoms with Gasteiger partial charge in [-0.2, -0.15) is 0 Å². The van der Waals surface area contributed by atoms with Crippen molar-refractivity contribution in [3.05, 3.63) is 55.2 Å². The van der Waals surface area contributed by atoms with Gasteiger partial charge in [-0.05, 0) is 17.5 Å². The van der Waals surface area contributed by atoms with Crippen molar-refractivity contribution in [1.29, 1.82) is 0 Å². The standard InChI is InChI=1S/C14H11ClN2O3S/c15-12-8-11(17(18)19)3-4-13(12)20-9-14-10(2-1-6-16)5-7-21-14/h3-5,7-8H,6,9,16H2.